The Morgan fingerprint density at radius 2 is 1.81 bits per heavy atom. The van der Waals surface area contributed by atoms with Crippen molar-refractivity contribution in [3.05, 3.63) is 64.1 Å². The minimum atomic E-state index is -0.349. The Kier molecular flexibility index (Phi) is 8.29. The first-order valence-electron chi connectivity index (χ1n) is 8.15. The van der Waals surface area contributed by atoms with E-state index in [4.69, 9.17) is 23.2 Å². The molecule has 0 aliphatic heterocycles. The second kappa shape index (κ2) is 10.5. The van der Waals surface area contributed by atoms with Gasteiger partial charge in [-0.25, -0.2) is 0 Å². The van der Waals surface area contributed by atoms with Crippen molar-refractivity contribution in [3.8, 4) is 0 Å². The molecule has 0 radical (unpaired) electrons. The molecule has 0 saturated heterocycles. The van der Waals surface area contributed by atoms with Crippen molar-refractivity contribution in [1.82, 2.24) is 10.6 Å². The van der Waals surface area contributed by atoms with Crippen molar-refractivity contribution < 1.29 is 9.59 Å². The molecule has 2 aromatic rings. The summed E-state index contributed by atoms with van der Waals surface area (Å²) in [6.45, 7) is 2.55. The minimum Gasteiger partial charge on any atom is -0.355 e. The Bertz CT molecular complexity index is 756. The first kappa shape index (κ1) is 20.6. The summed E-state index contributed by atoms with van der Waals surface area (Å²) in [6.07, 6.45) is 0.230. The molecular formula is C19H20Cl2N2O2S. The van der Waals surface area contributed by atoms with Crippen LogP contribution in [0.3, 0.4) is 0 Å². The van der Waals surface area contributed by atoms with E-state index in [2.05, 4.69) is 10.6 Å². The van der Waals surface area contributed by atoms with E-state index in [0.29, 0.717) is 16.6 Å². The Morgan fingerprint density at radius 3 is 2.54 bits per heavy atom. The van der Waals surface area contributed by atoms with Gasteiger partial charge in [-0.2, -0.15) is 0 Å². The molecule has 2 rings (SSSR count). The first-order chi connectivity index (χ1) is 12.5. The number of rotatable bonds is 8. The molecule has 0 bridgehead atoms. The number of halogens is 2. The SMILES string of the molecule is CC(Sc1cc(Cl)ccc1Cl)C(=O)NCCC(=O)NCc1ccccc1. The zero-order chi connectivity index (χ0) is 18.9. The van der Waals surface area contributed by atoms with Gasteiger partial charge in [-0.1, -0.05) is 53.5 Å². The molecule has 26 heavy (non-hydrogen) atoms. The van der Waals surface area contributed by atoms with Gasteiger partial charge in [0.15, 0.2) is 0 Å². The number of benzene rings is 2. The highest BCUT2D eigenvalue weighted by Gasteiger charge is 2.16. The number of carbonyl (C=O) groups is 2. The van der Waals surface area contributed by atoms with Crippen LogP contribution in [-0.4, -0.2) is 23.6 Å². The highest BCUT2D eigenvalue weighted by molar-refractivity contribution is 8.00. The van der Waals surface area contributed by atoms with E-state index in [-0.39, 0.29) is 30.0 Å². The lowest BCUT2D eigenvalue weighted by Gasteiger charge is -2.13. The van der Waals surface area contributed by atoms with E-state index in [9.17, 15) is 9.59 Å². The fourth-order valence-electron chi connectivity index (χ4n) is 2.14. The number of carbonyl (C=O) groups excluding carboxylic acids is 2. The summed E-state index contributed by atoms with van der Waals surface area (Å²) in [5.74, 6) is -0.255. The second-order valence-electron chi connectivity index (χ2n) is 5.64. The van der Waals surface area contributed by atoms with Crippen molar-refractivity contribution in [2.24, 2.45) is 0 Å². The molecule has 1 unspecified atom stereocenters. The maximum atomic E-state index is 12.2. The van der Waals surface area contributed by atoms with E-state index >= 15 is 0 Å². The van der Waals surface area contributed by atoms with Gasteiger partial charge in [0.25, 0.3) is 0 Å². The topological polar surface area (TPSA) is 58.2 Å². The fourth-order valence-corrected chi connectivity index (χ4v) is 3.57. The van der Waals surface area contributed by atoms with Gasteiger partial charge in [-0.3, -0.25) is 9.59 Å². The maximum Gasteiger partial charge on any atom is 0.233 e. The normalized spacial score (nSPS) is 11.7. The molecule has 4 nitrogen and oxygen atoms in total. The van der Waals surface area contributed by atoms with E-state index < -0.39 is 0 Å². The minimum absolute atomic E-state index is 0.104. The molecule has 2 aromatic carbocycles. The van der Waals surface area contributed by atoms with Crippen molar-refractivity contribution in [3.63, 3.8) is 0 Å². The number of thioether (sulfide) groups is 1. The molecule has 0 aliphatic carbocycles. The van der Waals surface area contributed by atoms with Crippen LogP contribution in [0, 0.1) is 0 Å². The van der Waals surface area contributed by atoms with Gasteiger partial charge in [0.05, 0.1) is 10.3 Å². The predicted molar refractivity (Wildman–Crippen MR) is 108 cm³/mol. The highest BCUT2D eigenvalue weighted by atomic mass is 35.5. The van der Waals surface area contributed by atoms with Crippen LogP contribution in [-0.2, 0) is 16.1 Å². The van der Waals surface area contributed by atoms with E-state index in [1.54, 1.807) is 25.1 Å². The zero-order valence-electron chi connectivity index (χ0n) is 14.3. The van der Waals surface area contributed by atoms with E-state index in [1.165, 1.54) is 11.8 Å². The molecule has 0 aromatic heterocycles. The van der Waals surface area contributed by atoms with Gasteiger partial charge in [-0.05, 0) is 30.7 Å². The summed E-state index contributed by atoms with van der Waals surface area (Å²) in [7, 11) is 0. The van der Waals surface area contributed by atoms with Crippen molar-refractivity contribution >= 4 is 46.8 Å². The van der Waals surface area contributed by atoms with Crippen LogP contribution in [0.15, 0.2) is 53.4 Å². The summed E-state index contributed by atoms with van der Waals surface area (Å²) in [4.78, 5) is 24.8. The smallest absolute Gasteiger partial charge is 0.233 e. The van der Waals surface area contributed by atoms with Crippen LogP contribution in [0.5, 0.6) is 0 Å². The Labute approximate surface area is 167 Å². The fraction of sp³-hybridized carbons (Fsp3) is 0.263. The predicted octanol–water partition coefficient (Wildman–Crippen LogP) is 4.30. The maximum absolute atomic E-state index is 12.2. The summed E-state index contributed by atoms with van der Waals surface area (Å²) < 4.78 is 0. The standard InChI is InChI=1S/C19H20Cl2N2O2S/c1-13(26-17-11-15(20)7-8-16(17)21)19(25)22-10-9-18(24)23-12-14-5-3-2-4-6-14/h2-8,11,13H,9-10,12H2,1H3,(H,22,25)(H,23,24). The molecule has 2 amide bonds. The molecule has 0 fully saturated rings. The number of nitrogens with one attached hydrogen (secondary N) is 2. The van der Waals surface area contributed by atoms with Crippen LogP contribution in [0.25, 0.3) is 0 Å². The molecule has 7 heteroatoms. The van der Waals surface area contributed by atoms with Crippen LogP contribution in [0.4, 0.5) is 0 Å². The van der Waals surface area contributed by atoms with Gasteiger partial charge in [0, 0.05) is 29.4 Å². The molecule has 0 aliphatic rings. The first-order valence-corrected chi connectivity index (χ1v) is 9.79. The number of hydrogen-bond donors (Lipinski definition) is 2. The largest absolute Gasteiger partial charge is 0.355 e. The Morgan fingerprint density at radius 1 is 1.08 bits per heavy atom. The third kappa shape index (κ3) is 6.90. The number of amides is 2. The third-order valence-corrected chi connectivity index (χ3v) is 5.39. The lowest BCUT2D eigenvalue weighted by Crippen LogP contribution is -2.34. The highest BCUT2D eigenvalue weighted by Crippen LogP contribution is 2.32. The third-order valence-electron chi connectivity index (χ3n) is 3.55. The van der Waals surface area contributed by atoms with Crippen LogP contribution < -0.4 is 10.6 Å². The van der Waals surface area contributed by atoms with Gasteiger partial charge >= 0.3 is 0 Å². The van der Waals surface area contributed by atoms with Gasteiger partial charge in [0.2, 0.25) is 11.8 Å². The monoisotopic (exact) mass is 410 g/mol. The van der Waals surface area contributed by atoms with E-state index in [1.807, 2.05) is 30.3 Å². The average molecular weight is 411 g/mol. The van der Waals surface area contributed by atoms with Crippen molar-refractivity contribution in [2.45, 2.75) is 30.0 Å². The van der Waals surface area contributed by atoms with Gasteiger partial charge < -0.3 is 10.6 Å². The molecule has 138 valence electrons. The summed E-state index contributed by atoms with van der Waals surface area (Å²) in [6, 6.07) is 14.8. The Hall–Kier alpha value is -1.69. The summed E-state index contributed by atoms with van der Waals surface area (Å²) in [5.41, 5.74) is 1.04. The molecule has 0 heterocycles. The van der Waals surface area contributed by atoms with E-state index in [0.717, 1.165) is 10.5 Å². The molecular weight excluding hydrogens is 391 g/mol. The molecule has 0 spiro atoms. The summed E-state index contributed by atoms with van der Waals surface area (Å²) in [5, 5.41) is 6.37. The number of hydrogen-bond acceptors (Lipinski definition) is 3. The average Bonchev–Trinajstić information content (AvgIpc) is 2.63. The van der Waals surface area contributed by atoms with Crippen LogP contribution in [0.1, 0.15) is 18.9 Å². The zero-order valence-corrected chi connectivity index (χ0v) is 16.6. The van der Waals surface area contributed by atoms with Crippen LogP contribution in [0.2, 0.25) is 10.0 Å². The molecule has 0 saturated carbocycles. The lowest BCUT2D eigenvalue weighted by atomic mass is 10.2. The Balaban J connectivity index is 1.70. The van der Waals surface area contributed by atoms with Gasteiger partial charge in [-0.15, -0.1) is 11.8 Å². The second-order valence-corrected chi connectivity index (χ2v) is 7.86. The van der Waals surface area contributed by atoms with Gasteiger partial charge in [0.1, 0.15) is 0 Å². The quantitative estimate of drug-likeness (QED) is 0.637. The van der Waals surface area contributed by atoms with Crippen molar-refractivity contribution in [1.29, 1.82) is 0 Å². The molecule has 2 N–H and O–H groups in total. The van der Waals surface area contributed by atoms with Crippen LogP contribution >= 0.6 is 35.0 Å². The summed E-state index contributed by atoms with van der Waals surface area (Å²) >= 11 is 13.4. The van der Waals surface area contributed by atoms with Crippen molar-refractivity contribution in [2.75, 3.05) is 6.54 Å². The lowest BCUT2D eigenvalue weighted by molar-refractivity contribution is -0.122. The molecule has 1 atom stereocenters.